The minimum atomic E-state index is -0.452. The quantitative estimate of drug-likeness (QED) is 0.318. The number of benzene rings is 2. The van der Waals surface area contributed by atoms with Gasteiger partial charge >= 0.3 is 0 Å². The standard InChI is InChI=1S/C16H17N3O.C16H19N3O/c1-16(2)12-6-3-10(7-13(12)18-15(16)20)14-8-19(9-17-14)11-4-5-11;1-10(2)14-8-19(9-17-14)11-5-6-12-13(7-11)18-15(20)16(12,3)4/h3,6-9,11H,4-5H2,1-2H3,(H,18,20);5-10H,1-4H3,(H,18,20). The number of nitrogens with one attached hydrogen (secondary N) is 2. The molecule has 3 aliphatic rings. The minimum Gasteiger partial charge on any atom is -0.334 e. The Kier molecular flexibility index (Phi) is 5.98. The highest BCUT2D eigenvalue weighted by Gasteiger charge is 2.39. The second kappa shape index (κ2) is 9.18. The van der Waals surface area contributed by atoms with Crippen molar-refractivity contribution in [3.8, 4) is 16.9 Å². The number of aromatic nitrogens is 4. The van der Waals surface area contributed by atoms with Crippen LogP contribution in [0.5, 0.6) is 0 Å². The molecule has 0 spiro atoms. The molecule has 4 aromatic rings. The average Bonchev–Trinajstić information content (AvgIpc) is 3.26. The lowest BCUT2D eigenvalue weighted by Gasteiger charge is -2.15. The number of rotatable bonds is 4. The van der Waals surface area contributed by atoms with Crippen molar-refractivity contribution in [3.05, 3.63) is 78.3 Å². The SMILES string of the molecule is CC(C)c1cn(-c2ccc3c(c2)NC(=O)C3(C)C)cn1.CC1(C)C(=O)Nc2cc(-c3cn(C4CC4)cn3)ccc21. The number of carbonyl (C=O) groups is 2. The molecule has 1 fully saturated rings. The summed E-state index contributed by atoms with van der Waals surface area (Å²) in [6, 6.07) is 12.8. The number of carbonyl (C=O) groups excluding carboxylic acids is 2. The van der Waals surface area contributed by atoms with E-state index in [0.717, 1.165) is 45.1 Å². The number of hydrogen-bond acceptors (Lipinski definition) is 4. The Hall–Kier alpha value is -4.20. The molecule has 2 aromatic carbocycles. The van der Waals surface area contributed by atoms with Gasteiger partial charge in [-0.1, -0.05) is 32.0 Å². The molecule has 0 radical (unpaired) electrons. The zero-order valence-electron chi connectivity index (χ0n) is 23.9. The van der Waals surface area contributed by atoms with E-state index in [9.17, 15) is 9.59 Å². The summed E-state index contributed by atoms with van der Waals surface area (Å²) in [4.78, 5) is 32.8. The third kappa shape index (κ3) is 4.41. The van der Waals surface area contributed by atoms with Gasteiger partial charge in [0, 0.05) is 41.1 Å². The van der Waals surface area contributed by atoms with Gasteiger partial charge in [0.15, 0.2) is 0 Å². The van der Waals surface area contributed by atoms with Crippen LogP contribution in [0.25, 0.3) is 16.9 Å². The van der Waals surface area contributed by atoms with Gasteiger partial charge in [-0.25, -0.2) is 9.97 Å². The summed E-state index contributed by atoms with van der Waals surface area (Å²) < 4.78 is 4.18. The van der Waals surface area contributed by atoms with Crippen molar-refractivity contribution in [3.63, 3.8) is 0 Å². The van der Waals surface area contributed by atoms with Crippen molar-refractivity contribution < 1.29 is 9.59 Å². The predicted molar refractivity (Wildman–Crippen MR) is 157 cm³/mol. The fourth-order valence-corrected chi connectivity index (χ4v) is 5.33. The molecule has 1 aliphatic carbocycles. The van der Waals surface area contributed by atoms with E-state index in [1.54, 1.807) is 0 Å². The summed E-state index contributed by atoms with van der Waals surface area (Å²) in [5, 5.41) is 5.92. The zero-order chi connectivity index (χ0) is 28.4. The van der Waals surface area contributed by atoms with Crippen LogP contribution in [0.1, 0.15) is 83.2 Å². The summed E-state index contributed by atoms with van der Waals surface area (Å²) in [5.41, 5.74) is 7.14. The van der Waals surface area contributed by atoms with Crippen LogP contribution < -0.4 is 10.6 Å². The molecule has 1 saturated carbocycles. The molecular formula is C32H36N6O2. The van der Waals surface area contributed by atoms with Crippen molar-refractivity contribution in [1.29, 1.82) is 0 Å². The molecule has 0 atom stereocenters. The Morgan fingerprint density at radius 3 is 2.05 bits per heavy atom. The van der Waals surface area contributed by atoms with Gasteiger partial charge in [-0.2, -0.15) is 0 Å². The Labute approximate surface area is 234 Å². The van der Waals surface area contributed by atoms with E-state index >= 15 is 0 Å². The topological polar surface area (TPSA) is 93.8 Å². The summed E-state index contributed by atoms with van der Waals surface area (Å²) in [6.45, 7) is 12.0. The third-order valence-corrected chi connectivity index (χ3v) is 8.36. The Morgan fingerprint density at radius 1 is 0.825 bits per heavy atom. The maximum Gasteiger partial charge on any atom is 0.234 e. The smallest absolute Gasteiger partial charge is 0.234 e. The molecule has 40 heavy (non-hydrogen) atoms. The van der Waals surface area contributed by atoms with Crippen molar-refractivity contribution in [1.82, 2.24) is 19.1 Å². The minimum absolute atomic E-state index is 0.0538. The lowest BCUT2D eigenvalue weighted by molar-refractivity contribution is -0.120. The number of imidazole rings is 2. The van der Waals surface area contributed by atoms with Gasteiger partial charge < -0.3 is 19.8 Å². The first-order valence-electron chi connectivity index (χ1n) is 13.9. The molecule has 2 aliphatic heterocycles. The first kappa shape index (κ1) is 26.0. The van der Waals surface area contributed by atoms with E-state index in [-0.39, 0.29) is 11.8 Å². The molecule has 7 rings (SSSR count). The number of nitrogens with zero attached hydrogens (tertiary/aromatic N) is 4. The van der Waals surface area contributed by atoms with Crippen LogP contribution in [-0.2, 0) is 20.4 Å². The largest absolute Gasteiger partial charge is 0.334 e. The third-order valence-electron chi connectivity index (χ3n) is 8.36. The van der Waals surface area contributed by atoms with Crippen LogP contribution in [0.4, 0.5) is 11.4 Å². The van der Waals surface area contributed by atoms with Crippen LogP contribution in [0.15, 0.2) is 61.4 Å². The molecule has 0 saturated heterocycles. The normalized spacial score (nSPS) is 18.1. The Morgan fingerprint density at radius 2 is 1.45 bits per heavy atom. The van der Waals surface area contributed by atoms with Crippen molar-refractivity contribution in [2.75, 3.05) is 10.6 Å². The van der Waals surface area contributed by atoms with Crippen LogP contribution >= 0.6 is 0 Å². The second-order valence-electron chi connectivity index (χ2n) is 12.4. The van der Waals surface area contributed by atoms with Gasteiger partial charge in [0.25, 0.3) is 0 Å². The highest BCUT2D eigenvalue weighted by Crippen LogP contribution is 2.41. The van der Waals surface area contributed by atoms with Gasteiger partial charge in [-0.15, -0.1) is 0 Å². The number of hydrogen-bond donors (Lipinski definition) is 2. The summed E-state index contributed by atoms with van der Waals surface area (Å²) in [5.74, 6) is 0.524. The lowest BCUT2D eigenvalue weighted by atomic mass is 9.86. The van der Waals surface area contributed by atoms with Crippen LogP contribution in [0.2, 0.25) is 0 Å². The molecular weight excluding hydrogens is 500 g/mol. The van der Waals surface area contributed by atoms with E-state index in [0.29, 0.717) is 12.0 Å². The van der Waals surface area contributed by atoms with Gasteiger partial charge in [0.1, 0.15) is 0 Å². The van der Waals surface area contributed by atoms with E-state index in [1.807, 2.05) is 81.4 Å². The van der Waals surface area contributed by atoms with Crippen LogP contribution in [0, 0.1) is 0 Å². The molecule has 2 N–H and O–H groups in total. The van der Waals surface area contributed by atoms with Crippen LogP contribution in [-0.4, -0.2) is 30.9 Å². The summed E-state index contributed by atoms with van der Waals surface area (Å²) in [6.07, 6.45) is 10.4. The monoisotopic (exact) mass is 536 g/mol. The first-order chi connectivity index (χ1) is 18.9. The summed E-state index contributed by atoms with van der Waals surface area (Å²) in [7, 11) is 0. The van der Waals surface area contributed by atoms with Gasteiger partial charge in [0.05, 0.1) is 34.9 Å². The lowest BCUT2D eigenvalue weighted by Crippen LogP contribution is -2.26. The maximum absolute atomic E-state index is 12.0. The number of fused-ring (bicyclic) bond motifs is 2. The molecule has 8 nitrogen and oxygen atoms in total. The van der Waals surface area contributed by atoms with Gasteiger partial charge in [-0.3, -0.25) is 9.59 Å². The first-order valence-corrected chi connectivity index (χ1v) is 13.9. The van der Waals surface area contributed by atoms with Crippen molar-refractivity contribution >= 4 is 23.2 Å². The molecule has 206 valence electrons. The number of anilines is 2. The molecule has 4 heterocycles. The van der Waals surface area contributed by atoms with Crippen LogP contribution in [0.3, 0.4) is 0 Å². The second-order valence-corrected chi connectivity index (χ2v) is 12.4. The highest BCUT2D eigenvalue weighted by atomic mass is 16.2. The molecule has 2 aromatic heterocycles. The van der Waals surface area contributed by atoms with Crippen molar-refractivity contribution in [2.45, 2.75) is 77.2 Å². The molecule has 0 bridgehead atoms. The van der Waals surface area contributed by atoms with Gasteiger partial charge in [-0.05, 0) is 75.8 Å². The average molecular weight is 537 g/mol. The predicted octanol–water partition coefficient (Wildman–Crippen LogP) is 6.34. The fourth-order valence-electron chi connectivity index (χ4n) is 5.33. The fraction of sp³-hybridized carbons (Fsp3) is 0.375. The van der Waals surface area contributed by atoms with E-state index in [1.165, 1.54) is 12.8 Å². The molecule has 0 unspecified atom stereocenters. The van der Waals surface area contributed by atoms with E-state index < -0.39 is 10.8 Å². The Bertz CT molecular complexity index is 1520. The molecule has 2 amide bonds. The maximum atomic E-state index is 12.0. The highest BCUT2D eigenvalue weighted by molar-refractivity contribution is 6.06. The van der Waals surface area contributed by atoms with Crippen molar-refractivity contribution in [2.24, 2.45) is 0 Å². The van der Waals surface area contributed by atoms with E-state index in [4.69, 9.17) is 0 Å². The number of amides is 2. The van der Waals surface area contributed by atoms with Gasteiger partial charge in [0.2, 0.25) is 11.8 Å². The Balaban J connectivity index is 0.000000145. The molecule has 8 heteroatoms. The van der Waals surface area contributed by atoms with E-state index in [2.05, 4.69) is 51.3 Å². The zero-order valence-corrected chi connectivity index (χ0v) is 23.9. The summed E-state index contributed by atoms with van der Waals surface area (Å²) >= 11 is 0.